The molecule has 4 nitrogen and oxygen atoms in total. The average molecular weight is 338 g/mol. The van der Waals surface area contributed by atoms with Gasteiger partial charge in [-0.15, -0.1) is 0 Å². The first-order valence-electron chi connectivity index (χ1n) is 6.65. The first-order chi connectivity index (χ1) is 8.49. The molecule has 2 rings (SSSR count). The molecule has 1 unspecified atom stereocenters. The van der Waals surface area contributed by atoms with Crippen molar-refractivity contribution in [2.24, 2.45) is 0 Å². The molecule has 0 aromatic heterocycles. The third-order valence-corrected chi connectivity index (χ3v) is 6.96. The fourth-order valence-electron chi connectivity index (χ4n) is 2.74. The Hall–Kier alpha value is -0.100. The molecule has 1 aliphatic carbocycles. The summed E-state index contributed by atoms with van der Waals surface area (Å²) in [4.78, 5) is 12.6. The molecule has 18 heavy (non-hydrogen) atoms. The molecule has 0 radical (unpaired) electrons. The van der Waals surface area contributed by atoms with E-state index in [9.17, 15) is 13.2 Å². The molecule has 0 spiro atoms. The zero-order valence-corrected chi connectivity index (χ0v) is 12.8. The molecular formula is C12H20BrNO3S. The van der Waals surface area contributed by atoms with Gasteiger partial charge in [-0.05, 0) is 38.5 Å². The second kappa shape index (κ2) is 5.90. The minimum absolute atomic E-state index is 0.156. The molecule has 6 heteroatoms. The fourth-order valence-corrected chi connectivity index (χ4v) is 5.08. The molecular weight excluding hydrogens is 318 g/mol. The van der Waals surface area contributed by atoms with Gasteiger partial charge in [0.25, 0.3) is 0 Å². The summed E-state index contributed by atoms with van der Waals surface area (Å²) in [6.45, 7) is 0. The highest BCUT2D eigenvalue weighted by Crippen LogP contribution is 2.25. The van der Waals surface area contributed by atoms with Crippen LogP contribution < -0.4 is 5.32 Å². The third-order valence-electron chi connectivity index (χ3n) is 3.87. The van der Waals surface area contributed by atoms with E-state index in [1.807, 2.05) is 0 Å². The minimum Gasteiger partial charge on any atom is -0.352 e. The molecule has 1 saturated heterocycles. The van der Waals surface area contributed by atoms with Gasteiger partial charge in [0, 0.05) is 10.9 Å². The van der Waals surface area contributed by atoms with E-state index >= 15 is 0 Å². The van der Waals surface area contributed by atoms with Crippen molar-refractivity contribution in [3.63, 3.8) is 0 Å². The number of carbonyl (C=O) groups is 1. The van der Waals surface area contributed by atoms with Gasteiger partial charge in [0.1, 0.15) is 5.25 Å². The lowest BCUT2D eigenvalue weighted by Crippen LogP contribution is -2.47. The Morgan fingerprint density at radius 2 is 1.72 bits per heavy atom. The molecule has 104 valence electrons. The molecule has 2 aliphatic rings. The quantitative estimate of drug-likeness (QED) is 0.781. The second-order valence-electron chi connectivity index (χ2n) is 5.31. The average Bonchev–Trinajstić information content (AvgIpc) is 2.31. The summed E-state index contributed by atoms with van der Waals surface area (Å²) in [7, 11) is -3.21. The van der Waals surface area contributed by atoms with E-state index in [0.717, 1.165) is 32.1 Å². The second-order valence-corrected chi connectivity index (χ2v) is 8.91. The Bertz CT molecular complexity index is 402. The molecule has 1 aliphatic heterocycles. The third kappa shape index (κ3) is 3.47. The predicted octanol–water partition coefficient (Wildman–Crippen LogP) is 1.78. The van der Waals surface area contributed by atoms with Gasteiger partial charge in [-0.2, -0.15) is 0 Å². The standard InChI is InChI=1S/C12H20BrNO3S/c13-9-4-6-10(7-5-9)14-12(15)11-3-1-2-8-18(11,16)17/h9-11H,1-8H2,(H,14,15). The van der Waals surface area contributed by atoms with Gasteiger partial charge in [-0.3, -0.25) is 4.79 Å². The summed E-state index contributed by atoms with van der Waals surface area (Å²) in [5, 5.41) is 2.13. The number of hydrogen-bond donors (Lipinski definition) is 1. The maximum atomic E-state index is 12.1. The first-order valence-corrected chi connectivity index (χ1v) is 9.28. The van der Waals surface area contributed by atoms with Gasteiger partial charge in [-0.25, -0.2) is 8.42 Å². The van der Waals surface area contributed by atoms with Crippen LogP contribution in [-0.2, 0) is 14.6 Å². The molecule has 1 heterocycles. The summed E-state index contributed by atoms with van der Waals surface area (Å²) >= 11 is 3.57. The number of amides is 1. The zero-order chi connectivity index (χ0) is 13.2. The van der Waals surface area contributed by atoms with Crippen molar-refractivity contribution < 1.29 is 13.2 Å². The Balaban J connectivity index is 1.91. The van der Waals surface area contributed by atoms with E-state index in [2.05, 4.69) is 21.2 Å². The molecule has 1 N–H and O–H groups in total. The fraction of sp³-hybridized carbons (Fsp3) is 0.917. The maximum Gasteiger partial charge on any atom is 0.238 e. The Morgan fingerprint density at radius 1 is 1.06 bits per heavy atom. The van der Waals surface area contributed by atoms with Gasteiger partial charge in [0.05, 0.1) is 5.75 Å². The van der Waals surface area contributed by atoms with Crippen molar-refractivity contribution in [3.8, 4) is 0 Å². The van der Waals surface area contributed by atoms with Crippen LogP contribution in [0, 0.1) is 0 Å². The molecule has 1 amide bonds. The topological polar surface area (TPSA) is 63.2 Å². The van der Waals surface area contributed by atoms with Gasteiger partial charge < -0.3 is 5.32 Å². The van der Waals surface area contributed by atoms with Crippen LogP contribution in [-0.4, -0.2) is 36.2 Å². The van der Waals surface area contributed by atoms with Gasteiger partial charge in [0.2, 0.25) is 5.91 Å². The van der Waals surface area contributed by atoms with Crippen LogP contribution >= 0.6 is 15.9 Å². The van der Waals surface area contributed by atoms with E-state index in [1.54, 1.807) is 0 Å². The van der Waals surface area contributed by atoms with Crippen LogP contribution in [0.3, 0.4) is 0 Å². The monoisotopic (exact) mass is 337 g/mol. The predicted molar refractivity (Wildman–Crippen MR) is 74.5 cm³/mol. The number of hydrogen-bond acceptors (Lipinski definition) is 3. The SMILES string of the molecule is O=C(NC1CCC(Br)CC1)C1CCCCS1(=O)=O. The number of alkyl halides is 1. The number of carbonyl (C=O) groups excluding carboxylic acids is 1. The van der Waals surface area contributed by atoms with Crippen molar-refractivity contribution in [1.29, 1.82) is 0 Å². The summed E-state index contributed by atoms with van der Waals surface area (Å²) in [5.74, 6) is -0.105. The summed E-state index contributed by atoms with van der Waals surface area (Å²) in [6, 6.07) is 0.156. The number of halogens is 1. The number of rotatable bonds is 2. The first kappa shape index (κ1) is 14.3. The lowest BCUT2D eigenvalue weighted by Gasteiger charge is -2.28. The zero-order valence-electron chi connectivity index (χ0n) is 10.4. The van der Waals surface area contributed by atoms with E-state index in [-0.39, 0.29) is 17.7 Å². The van der Waals surface area contributed by atoms with Crippen LogP contribution in [0.15, 0.2) is 0 Å². The van der Waals surface area contributed by atoms with E-state index in [4.69, 9.17) is 0 Å². The van der Waals surface area contributed by atoms with Crippen LogP contribution in [0.2, 0.25) is 0 Å². The maximum absolute atomic E-state index is 12.1. The largest absolute Gasteiger partial charge is 0.352 e. The molecule has 1 atom stereocenters. The lowest BCUT2D eigenvalue weighted by molar-refractivity contribution is -0.121. The molecule has 0 aromatic carbocycles. The van der Waals surface area contributed by atoms with E-state index in [0.29, 0.717) is 17.7 Å². The highest BCUT2D eigenvalue weighted by Gasteiger charge is 2.35. The lowest BCUT2D eigenvalue weighted by atomic mass is 9.95. The van der Waals surface area contributed by atoms with Crippen molar-refractivity contribution >= 4 is 31.7 Å². The van der Waals surface area contributed by atoms with Gasteiger partial charge in [0.15, 0.2) is 9.84 Å². The van der Waals surface area contributed by atoms with Crippen molar-refractivity contribution in [1.82, 2.24) is 5.32 Å². The van der Waals surface area contributed by atoms with Crippen LogP contribution in [0.25, 0.3) is 0 Å². The van der Waals surface area contributed by atoms with E-state index < -0.39 is 15.1 Å². The number of nitrogens with one attached hydrogen (secondary N) is 1. The van der Waals surface area contributed by atoms with Crippen molar-refractivity contribution in [3.05, 3.63) is 0 Å². The Kier molecular flexibility index (Phi) is 4.69. The van der Waals surface area contributed by atoms with Crippen molar-refractivity contribution in [2.75, 3.05) is 5.75 Å². The summed E-state index contributed by atoms with van der Waals surface area (Å²) in [6.07, 6.45) is 5.99. The normalized spacial score (nSPS) is 35.9. The van der Waals surface area contributed by atoms with Crippen molar-refractivity contribution in [2.45, 2.75) is 61.1 Å². The van der Waals surface area contributed by atoms with E-state index in [1.165, 1.54) is 0 Å². The van der Waals surface area contributed by atoms with Crippen LogP contribution in [0.5, 0.6) is 0 Å². The number of sulfone groups is 1. The Labute approximate surface area is 117 Å². The van der Waals surface area contributed by atoms with Gasteiger partial charge >= 0.3 is 0 Å². The molecule has 0 aromatic rings. The highest BCUT2D eigenvalue weighted by atomic mass is 79.9. The minimum atomic E-state index is -3.21. The highest BCUT2D eigenvalue weighted by molar-refractivity contribution is 9.09. The Morgan fingerprint density at radius 3 is 2.33 bits per heavy atom. The summed E-state index contributed by atoms with van der Waals surface area (Å²) < 4.78 is 23.7. The summed E-state index contributed by atoms with van der Waals surface area (Å²) in [5.41, 5.74) is 0. The smallest absolute Gasteiger partial charge is 0.238 e. The molecule has 2 fully saturated rings. The van der Waals surface area contributed by atoms with Crippen LogP contribution in [0.1, 0.15) is 44.9 Å². The van der Waals surface area contributed by atoms with Crippen LogP contribution in [0.4, 0.5) is 0 Å². The van der Waals surface area contributed by atoms with Gasteiger partial charge in [-0.1, -0.05) is 22.4 Å². The molecule has 0 bridgehead atoms. The molecule has 1 saturated carbocycles.